The van der Waals surface area contributed by atoms with Crippen molar-refractivity contribution in [3.05, 3.63) is 23.8 Å². The Hall–Kier alpha value is -3.21. The maximum absolute atomic E-state index is 12.4. The molecule has 1 aliphatic rings. The van der Waals surface area contributed by atoms with Gasteiger partial charge >= 0.3 is 23.8 Å². The number of benzene rings is 1. The molecule has 0 bridgehead atoms. The normalized spacial score (nSPS) is 15.9. The van der Waals surface area contributed by atoms with Crippen LogP contribution in [0.15, 0.2) is 18.2 Å². The average Bonchev–Trinajstić information content (AvgIpc) is 3.00. The Morgan fingerprint density at radius 2 is 2.07 bits per heavy atom. The number of anilines is 1. The minimum Gasteiger partial charge on any atom is -0.479 e. The number of likely N-dealkylation sites (N-methyl/N-ethyl adjacent to an activating group) is 1. The quantitative estimate of drug-likeness (QED) is 0.640. The summed E-state index contributed by atoms with van der Waals surface area (Å²) in [5.41, 5.74) is 6.57. The van der Waals surface area contributed by atoms with E-state index >= 15 is 0 Å². The molecule has 0 saturated carbocycles. The zero-order valence-electron chi connectivity index (χ0n) is 14.3. The number of carboxylic acid groups (broad SMARTS) is 1. The van der Waals surface area contributed by atoms with Gasteiger partial charge in [-0.05, 0) is 24.6 Å². The molecule has 11 heteroatoms. The number of carbonyl (C=O) groups excluding carboxylic acids is 3. The monoisotopic (exact) mass is 391 g/mol. The Balaban J connectivity index is 1.81. The Labute approximate surface area is 157 Å². The summed E-state index contributed by atoms with van der Waals surface area (Å²) in [6.07, 6.45) is 0. The van der Waals surface area contributed by atoms with Crippen molar-refractivity contribution in [1.82, 2.24) is 20.1 Å². The summed E-state index contributed by atoms with van der Waals surface area (Å²) in [6.45, 7) is 2.29. The number of amides is 4. The largest absolute Gasteiger partial charge is 0.479 e. The van der Waals surface area contributed by atoms with Crippen molar-refractivity contribution < 1.29 is 24.3 Å². The van der Waals surface area contributed by atoms with E-state index in [4.69, 9.17) is 5.73 Å². The van der Waals surface area contributed by atoms with Gasteiger partial charge in [0.15, 0.2) is 11.2 Å². The third kappa shape index (κ3) is 3.53. The van der Waals surface area contributed by atoms with Crippen LogP contribution in [0.3, 0.4) is 0 Å². The predicted molar refractivity (Wildman–Crippen MR) is 96.9 cm³/mol. The maximum Gasteiger partial charge on any atom is 0.330 e. The van der Waals surface area contributed by atoms with Gasteiger partial charge in [0.2, 0.25) is 0 Å². The molecule has 0 spiro atoms. The Morgan fingerprint density at radius 3 is 2.74 bits per heavy atom. The van der Waals surface area contributed by atoms with Crippen LogP contribution in [0.4, 0.5) is 9.93 Å². The summed E-state index contributed by atoms with van der Waals surface area (Å²) in [5, 5.41) is 12.2. The van der Waals surface area contributed by atoms with Gasteiger partial charge in [-0.1, -0.05) is 17.4 Å². The van der Waals surface area contributed by atoms with Gasteiger partial charge in [-0.15, -0.1) is 0 Å². The van der Waals surface area contributed by atoms with Gasteiger partial charge in [-0.2, -0.15) is 0 Å². The molecule has 1 unspecified atom stereocenters. The van der Waals surface area contributed by atoms with Gasteiger partial charge in [0.1, 0.15) is 0 Å². The van der Waals surface area contributed by atoms with Crippen molar-refractivity contribution in [3.8, 4) is 0 Å². The lowest BCUT2D eigenvalue weighted by molar-refractivity contribution is -0.153. The number of urea groups is 1. The van der Waals surface area contributed by atoms with Crippen LogP contribution in [0.1, 0.15) is 18.5 Å². The molecule has 1 fully saturated rings. The smallest absolute Gasteiger partial charge is 0.330 e. The van der Waals surface area contributed by atoms with E-state index < -0.39 is 29.9 Å². The number of hydrogen-bond acceptors (Lipinski definition) is 7. The first-order valence-corrected chi connectivity index (χ1v) is 8.93. The van der Waals surface area contributed by atoms with E-state index in [-0.39, 0.29) is 13.1 Å². The Kier molecular flexibility index (Phi) is 4.95. The first-order chi connectivity index (χ1) is 12.8. The summed E-state index contributed by atoms with van der Waals surface area (Å²) in [4.78, 5) is 54.3. The molecule has 2 aromatic rings. The highest BCUT2D eigenvalue weighted by molar-refractivity contribution is 7.22. The number of carbonyl (C=O) groups is 4. The van der Waals surface area contributed by atoms with E-state index in [1.54, 1.807) is 19.1 Å². The summed E-state index contributed by atoms with van der Waals surface area (Å²) >= 11 is 1.19. The van der Waals surface area contributed by atoms with E-state index in [0.717, 1.165) is 4.90 Å². The second kappa shape index (κ2) is 7.19. The van der Waals surface area contributed by atoms with Crippen LogP contribution in [-0.2, 0) is 14.4 Å². The molecule has 1 atom stereocenters. The highest BCUT2D eigenvalue weighted by Gasteiger charge is 2.37. The van der Waals surface area contributed by atoms with Gasteiger partial charge < -0.3 is 21.1 Å². The van der Waals surface area contributed by atoms with Gasteiger partial charge in [0.25, 0.3) is 0 Å². The third-order valence-corrected chi connectivity index (χ3v) is 5.06. The van der Waals surface area contributed by atoms with E-state index in [2.05, 4.69) is 10.3 Å². The number of hydrogen-bond donors (Lipinski definition) is 3. The molecule has 0 aliphatic carbocycles. The van der Waals surface area contributed by atoms with E-state index in [9.17, 15) is 24.3 Å². The molecule has 10 nitrogen and oxygen atoms in total. The van der Waals surface area contributed by atoms with Crippen molar-refractivity contribution in [3.63, 3.8) is 0 Å². The summed E-state index contributed by atoms with van der Waals surface area (Å²) in [5.74, 6) is -3.06. The number of piperazine rings is 1. The fourth-order valence-electron chi connectivity index (χ4n) is 2.80. The molecule has 1 saturated heterocycles. The van der Waals surface area contributed by atoms with Crippen LogP contribution in [0.2, 0.25) is 0 Å². The molecule has 1 aromatic carbocycles. The number of rotatable bonds is 4. The number of nitrogens with zero attached hydrogens (tertiary/aromatic N) is 3. The maximum atomic E-state index is 12.4. The second-order valence-corrected chi connectivity index (χ2v) is 6.90. The Morgan fingerprint density at radius 1 is 1.33 bits per heavy atom. The number of imide groups is 1. The fourth-order valence-corrected chi connectivity index (χ4v) is 3.58. The van der Waals surface area contributed by atoms with Crippen LogP contribution < -0.4 is 11.1 Å². The van der Waals surface area contributed by atoms with Crippen LogP contribution in [0.25, 0.3) is 10.2 Å². The highest BCUT2D eigenvalue weighted by Crippen LogP contribution is 2.27. The predicted octanol–water partition coefficient (Wildman–Crippen LogP) is 0.404. The molecule has 1 aliphatic heterocycles. The third-order valence-electron chi connectivity index (χ3n) is 4.21. The number of thiazole rings is 1. The second-order valence-electron chi connectivity index (χ2n) is 5.84. The molecule has 27 heavy (non-hydrogen) atoms. The van der Waals surface area contributed by atoms with Crippen molar-refractivity contribution in [2.24, 2.45) is 0 Å². The van der Waals surface area contributed by atoms with Crippen LogP contribution in [-0.4, -0.2) is 63.3 Å². The number of aromatic nitrogens is 1. The summed E-state index contributed by atoms with van der Waals surface area (Å²) < 4.78 is 0.674. The topological polar surface area (TPSA) is 146 Å². The van der Waals surface area contributed by atoms with Gasteiger partial charge in [0.05, 0.1) is 10.2 Å². The molecule has 0 radical (unpaired) electrons. The summed E-state index contributed by atoms with van der Waals surface area (Å²) in [7, 11) is 0. The molecule has 4 amide bonds. The number of aliphatic carboxylic acids is 1. The fraction of sp³-hybridized carbons (Fsp3) is 0.312. The van der Waals surface area contributed by atoms with Crippen LogP contribution >= 0.6 is 11.3 Å². The lowest BCUT2D eigenvalue weighted by atomic mass is 10.1. The molecule has 4 N–H and O–H groups in total. The number of nitrogen functional groups attached to an aromatic ring is 1. The number of nitrogens with two attached hydrogens (primary N) is 1. The van der Waals surface area contributed by atoms with Crippen molar-refractivity contribution in [2.45, 2.75) is 13.0 Å². The number of fused-ring (bicyclic) bond motifs is 1. The van der Waals surface area contributed by atoms with Crippen LogP contribution in [0.5, 0.6) is 0 Å². The number of nitrogens with one attached hydrogen (secondary N) is 1. The zero-order valence-corrected chi connectivity index (χ0v) is 15.2. The average molecular weight is 391 g/mol. The molecule has 3 rings (SSSR count). The van der Waals surface area contributed by atoms with Crippen molar-refractivity contribution in [2.75, 3.05) is 25.4 Å². The highest BCUT2D eigenvalue weighted by atomic mass is 32.1. The standard InChI is InChI=1S/C16H17N5O5S/c1-2-20-5-6-21(13(23)12(20)22)16(26)19-11(14(24)25)8-3-4-9-10(7-8)27-15(17)18-9/h3-4,7,11H,2,5-6H2,1H3,(H2,17,18)(H,19,26)(H,24,25). The first-order valence-electron chi connectivity index (χ1n) is 8.11. The molecular weight excluding hydrogens is 374 g/mol. The lowest BCUT2D eigenvalue weighted by Gasteiger charge is -2.32. The van der Waals surface area contributed by atoms with Crippen molar-refractivity contribution >= 4 is 50.5 Å². The summed E-state index contributed by atoms with van der Waals surface area (Å²) in [6, 6.07) is 2.37. The first kappa shape index (κ1) is 18.6. The van der Waals surface area contributed by atoms with E-state index in [0.29, 0.717) is 27.5 Å². The van der Waals surface area contributed by atoms with E-state index in [1.807, 2.05) is 0 Å². The van der Waals surface area contributed by atoms with Gasteiger partial charge in [-0.25, -0.2) is 14.6 Å². The zero-order chi connectivity index (χ0) is 19.7. The number of carboxylic acids is 1. The molecule has 142 valence electrons. The van der Waals surface area contributed by atoms with E-state index in [1.165, 1.54) is 22.3 Å². The van der Waals surface area contributed by atoms with Crippen LogP contribution in [0, 0.1) is 0 Å². The SMILES string of the molecule is CCN1CCN(C(=O)NC(C(=O)O)c2ccc3nc(N)sc3c2)C(=O)C1=O. The lowest BCUT2D eigenvalue weighted by Crippen LogP contribution is -2.58. The van der Waals surface area contributed by atoms with Crippen molar-refractivity contribution in [1.29, 1.82) is 0 Å². The minimum absolute atomic E-state index is 0.000991. The van der Waals surface area contributed by atoms with Gasteiger partial charge in [-0.3, -0.25) is 14.5 Å². The molecule has 2 heterocycles. The van der Waals surface area contributed by atoms with Gasteiger partial charge in [0, 0.05) is 19.6 Å². The Bertz CT molecular complexity index is 942. The minimum atomic E-state index is -1.39. The molecular formula is C16H17N5O5S. The molecule has 1 aromatic heterocycles.